The van der Waals surface area contributed by atoms with Gasteiger partial charge in [0.2, 0.25) is 0 Å². The van der Waals surface area contributed by atoms with Crippen LogP contribution in [0.5, 0.6) is 0 Å². The van der Waals surface area contributed by atoms with Gasteiger partial charge in [0.05, 0.1) is 11.7 Å². The van der Waals surface area contributed by atoms with Gasteiger partial charge in [0, 0.05) is 6.61 Å². The number of hydrogen-bond donors (Lipinski definition) is 1. The molecule has 1 saturated carbocycles. The third kappa shape index (κ3) is 2.54. The van der Waals surface area contributed by atoms with E-state index in [1.807, 2.05) is 0 Å². The van der Waals surface area contributed by atoms with Gasteiger partial charge in [-0.25, -0.2) is 0 Å². The van der Waals surface area contributed by atoms with Crippen molar-refractivity contribution in [3.05, 3.63) is 0 Å². The van der Waals surface area contributed by atoms with Crippen LogP contribution in [0, 0.1) is 11.8 Å². The molecule has 0 radical (unpaired) electrons. The van der Waals surface area contributed by atoms with Crippen molar-refractivity contribution < 1.29 is 9.84 Å². The van der Waals surface area contributed by atoms with E-state index < -0.39 is 0 Å². The third-order valence-corrected chi connectivity index (χ3v) is 4.05. The minimum Gasteiger partial charge on any atom is -0.393 e. The lowest BCUT2D eigenvalue weighted by atomic mass is 9.70. The largest absolute Gasteiger partial charge is 0.393 e. The van der Waals surface area contributed by atoms with E-state index in [-0.39, 0.29) is 11.7 Å². The van der Waals surface area contributed by atoms with E-state index in [2.05, 4.69) is 13.8 Å². The molecular formula is C13H24O2. The van der Waals surface area contributed by atoms with Crippen molar-refractivity contribution >= 4 is 0 Å². The lowest BCUT2D eigenvalue weighted by molar-refractivity contribution is -0.157. The van der Waals surface area contributed by atoms with Gasteiger partial charge in [-0.1, -0.05) is 13.8 Å². The summed E-state index contributed by atoms with van der Waals surface area (Å²) in [7, 11) is 0. The summed E-state index contributed by atoms with van der Waals surface area (Å²) in [5.74, 6) is 1.08. The fourth-order valence-electron chi connectivity index (χ4n) is 2.99. The van der Waals surface area contributed by atoms with E-state index in [9.17, 15) is 5.11 Å². The lowest BCUT2D eigenvalue weighted by Gasteiger charge is -2.48. The van der Waals surface area contributed by atoms with Gasteiger partial charge in [-0.15, -0.1) is 0 Å². The molecule has 2 unspecified atom stereocenters. The number of hydrogen-bond acceptors (Lipinski definition) is 2. The average molecular weight is 212 g/mol. The maximum Gasteiger partial charge on any atom is 0.0686 e. The third-order valence-electron chi connectivity index (χ3n) is 4.05. The normalized spacial score (nSPS) is 31.6. The summed E-state index contributed by atoms with van der Waals surface area (Å²) in [5, 5.41) is 10.1. The van der Waals surface area contributed by atoms with E-state index >= 15 is 0 Å². The van der Waals surface area contributed by atoms with Gasteiger partial charge in [-0.3, -0.25) is 0 Å². The van der Waals surface area contributed by atoms with E-state index in [0.717, 1.165) is 25.9 Å². The molecule has 2 fully saturated rings. The molecule has 2 atom stereocenters. The zero-order valence-corrected chi connectivity index (χ0v) is 10.0. The van der Waals surface area contributed by atoms with Crippen LogP contribution < -0.4 is 0 Å². The van der Waals surface area contributed by atoms with Crippen LogP contribution in [0.2, 0.25) is 0 Å². The van der Waals surface area contributed by atoms with Crippen molar-refractivity contribution in [2.24, 2.45) is 11.8 Å². The Morgan fingerprint density at radius 1 is 1.40 bits per heavy atom. The van der Waals surface area contributed by atoms with Gasteiger partial charge >= 0.3 is 0 Å². The molecule has 0 aromatic heterocycles. The number of rotatable bonds is 3. The average Bonchev–Trinajstić information content (AvgIpc) is 2.14. The highest BCUT2D eigenvalue weighted by Crippen LogP contribution is 2.45. The molecule has 1 saturated heterocycles. The Hall–Kier alpha value is -0.0800. The minimum atomic E-state index is -0.105. The van der Waals surface area contributed by atoms with Gasteiger partial charge in [0.25, 0.3) is 0 Å². The van der Waals surface area contributed by atoms with Gasteiger partial charge < -0.3 is 9.84 Å². The minimum absolute atomic E-state index is 0.105. The molecule has 2 heteroatoms. The number of aliphatic hydroxyl groups excluding tert-OH is 1. The summed E-state index contributed by atoms with van der Waals surface area (Å²) in [6.45, 7) is 5.23. The smallest absolute Gasteiger partial charge is 0.0686 e. The van der Waals surface area contributed by atoms with E-state index in [4.69, 9.17) is 4.74 Å². The second kappa shape index (κ2) is 4.42. The standard InChI is InChI=1S/C13H24O2/c1-10(2)8-12(14)11-4-7-15-13(9-11)5-3-6-13/h10-12,14H,3-9H2,1-2H3. The van der Waals surface area contributed by atoms with Gasteiger partial charge in [-0.05, 0) is 50.4 Å². The molecule has 15 heavy (non-hydrogen) atoms. The van der Waals surface area contributed by atoms with Gasteiger partial charge in [0.15, 0.2) is 0 Å². The molecule has 0 aromatic carbocycles. The summed E-state index contributed by atoms with van der Waals surface area (Å²) < 4.78 is 5.88. The highest BCUT2D eigenvalue weighted by atomic mass is 16.5. The zero-order valence-electron chi connectivity index (χ0n) is 10.0. The topological polar surface area (TPSA) is 29.5 Å². The first-order valence-electron chi connectivity index (χ1n) is 6.43. The first-order valence-corrected chi connectivity index (χ1v) is 6.43. The molecular weight excluding hydrogens is 188 g/mol. The number of ether oxygens (including phenoxy) is 1. The Morgan fingerprint density at radius 2 is 2.13 bits per heavy atom. The molecule has 1 spiro atoms. The summed E-state index contributed by atoms with van der Waals surface area (Å²) in [4.78, 5) is 0. The molecule has 2 aliphatic rings. The van der Waals surface area contributed by atoms with E-state index in [1.54, 1.807) is 0 Å². The van der Waals surface area contributed by atoms with Crippen LogP contribution in [0.3, 0.4) is 0 Å². The van der Waals surface area contributed by atoms with Crippen molar-refractivity contribution in [2.45, 2.75) is 64.1 Å². The Kier molecular flexibility index (Phi) is 3.36. The van der Waals surface area contributed by atoms with Crippen LogP contribution in [-0.4, -0.2) is 23.4 Å². The Bertz CT molecular complexity index is 209. The van der Waals surface area contributed by atoms with E-state index in [0.29, 0.717) is 11.8 Å². The Labute approximate surface area is 93.0 Å². The second-order valence-electron chi connectivity index (χ2n) is 5.83. The van der Waals surface area contributed by atoms with Crippen molar-refractivity contribution in [3.8, 4) is 0 Å². The highest BCUT2D eigenvalue weighted by molar-refractivity contribution is 4.95. The quantitative estimate of drug-likeness (QED) is 0.779. The van der Waals surface area contributed by atoms with Crippen LogP contribution in [0.4, 0.5) is 0 Å². The molecule has 0 amide bonds. The van der Waals surface area contributed by atoms with Gasteiger partial charge in [0.1, 0.15) is 0 Å². The van der Waals surface area contributed by atoms with Crippen molar-refractivity contribution in [2.75, 3.05) is 6.61 Å². The molecule has 1 N–H and O–H groups in total. The van der Waals surface area contributed by atoms with Crippen LogP contribution in [0.1, 0.15) is 52.4 Å². The predicted octanol–water partition coefficient (Wildman–Crippen LogP) is 2.74. The molecule has 1 heterocycles. The van der Waals surface area contributed by atoms with Crippen LogP contribution in [-0.2, 0) is 4.74 Å². The first-order chi connectivity index (χ1) is 7.11. The molecule has 0 bridgehead atoms. The van der Waals surface area contributed by atoms with Gasteiger partial charge in [-0.2, -0.15) is 0 Å². The summed E-state index contributed by atoms with van der Waals surface area (Å²) in [6, 6.07) is 0. The van der Waals surface area contributed by atoms with E-state index in [1.165, 1.54) is 19.3 Å². The molecule has 88 valence electrons. The first kappa shape index (κ1) is 11.4. The Morgan fingerprint density at radius 3 is 2.67 bits per heavy atom. The zero-order chi connectivity index (χ0) is 10.9. The Balaban J connectivity index is 1.86. The van der Waals surface area contributed by atoms with Crippen LogP contribution in [0.15, 0.2) is 0 Å². The molecule has 0 aromatic rings. The maximum atomic E-state index is 10.1. The molecule has 2 nitrogen and oxygen atoms in total. The SMILES string of the molecule is CC(C)CC(O)C1CCOC2(CCC2)C1. The van der Waals surface area contributed by atoms with Crippen molar-refractivity contribution in [3.63, 3.8) is 0 Å². The highest BCUT2D eigenvalue weighted by Gasteiger charge is 2.43. The molecule has 1 aliphatic carbocycles. The number of aliphatic hydroxyl groups is 1. The predicted molar refractivity (Wildman–Crippen MR) is 60.7 cm³/mol. The van der Waals surface area contributed by atoms with Crippen LogP contribution in [0.25, 0.3) is 0 Å². The summed E-state index contributed by atoms with van der Waals surface area (Å²) in [6.07, 6.45) is 6.74. The summed E-state index contributed by atoms with van der Waals surface area (Å²) in [5.41, 5.74) is 0.181. The van der Waals surface area contributed by atoms with Crippen molar-refractivity contribution in [1.82, 2.24) is 0 Å². The lowest BCUT2D eigenvalue weighted by Crippen LogP contribution is -2.47. The summed E-state index contributed by atoms with van der Waals surface area (Å²) >= 11 is 0. The maximum absolute atomic E-state index is 10.1. The second-order valence-corrected chi connectivity index (χ2v) is 5.83. The molecule has 1 aliphatic heterocycles. The molecule has 2 rings (SSSR count). The van der Waals surface area contributed by atoms with Crippen molar-refractivity contribution in [1.29, 1.82) is 0 Å². The fraction of sp³-hybridized carbons (Fsp3) is 1.00. The van der Waals surface area contributed by atoms with Crippen LogP contribution >= 0.6 is 0 Å². The fourth-order valence-corrected chi connectivity index (χ4v) is 2.99. The monoisotopic (exact) mass is 212 g/mol.